The molecule has 0 radical (unpaired) electrons. The Morgan fingerprint density at radius 3 is 2.22 bits per heavy atom. The summed E-state index contributed by atoms with van der Waals surface area (Å²) < 4.78 is 42.8. The SMILES string of the molecule is CC.CC(C)(C)OC(=O)N1CCC(CC(=O)N2CCN(C(C3=CC4=C(CC3)OC(F)(F)O4)c3ccccc3)CC2C(C)(C)C)CC1. The number of piperidine rings is 1. The van der Waals surface area contributed by atoms with E-state index in [-0.39, 0.29) is 46.9 Å². The van der Waals surface area contributed by atoms with Gasteiger partial charge in [0.1, 0.15) is 11.4 Å². The van der Waals surface area contributed by atoms with Gasteiger partial charge < -0.3 is 24.0 Å². The maximum atomic E-state index is 13.8. The minimum Gasteiger partial charge on any atom is -0.444 e. The van der Waals surface area contributed by atoms with Crippen molar-refractivity contribution in [3.05, 3.63) is 59.1 Å². The van der Waals surface area contributed by atoms with Crippen molar-refractivity contribution in [3.8, 4) is 0 Å². The third-order valence-corrected chi connectivity index (χ3v) is 9.00. The summed E-state index contributed by atoms with van der Waals surface area (Å²) in [5.41, 5.74) is 1.36. The summed E-state index contributed by atoms with van der Waals surface area (Å²) in [5.74, 6) is 0.682. The number of alkyl halides is 2. The zero-order valence-corrected chi connectivity index (χ0v) is 28.9. The molecule has 1 aliphatic carbocycles. The predicted octanol–water partition coefficient (Wildman–Crippen LogP) is 7.88. The molecular weight excluding hydrogens is 592 g/mol. The number of ether oxygens (including phenoxy) is 3. The van der Waals surface area contributed by atoms with Crippen LogP contribution in [0, 0.1) is 11.3 Å². The summed E-state index contributed by atoms with van der Waals surface area (Å²) >= 11 is 0. The van der Waals surface area contributed by atoms with E-state index in [4.69, 9.17) is 14.2 Å². The molecule has 2 unspecified atom stereocenters. The lowest BCUT2D eigenvalue weighted by molar-refractivity contribution is -0.336. The standard InChI is InChI=1S/C34H47F2N3O5.C2H6/c1-32(2,3)28-22-38(18-19-39(28)29(40)20-23-14-16-37(17-15-23)31(41)44-33(4,5)6)30(24-10-8-7-9-11-24)25-12-13-26-27(21-25)43-34(35,36)42-26;1-2/h7-11,21,23,28,30H,12-20,22H2,1-6H3;1-2H3. The van der Waals surface area contributed by atoms with Crippen molar-refractivity contribution in [2.24, 2.45) is 11.3 Å². The Labute approximate surface area is 273 Å². The number of carbonyl (C=O) groups excluding carboxylic acids is 2. The molecule has 4 aliphatic rings. The van der Waals surface area contributed by atoms with Crippen LogP contribution in [-0.4, -0.2) is 77.4 Å². The molecule has 0 N–H and O–H groups in total. The lowest BCUT2D eigenvalue weighted by Crippen LogP contribution is -2.60. The second-order valence-electron chi connectivity index (χ2n) is 14.6. The molecule has 3 heterocycles. The van der Waals surface area contributed by atoms with E-state index in [1.165, 1.54) is 0 Å². The number of nitrogens with zero attached hydrogens (tertiary/aromatic N) is 3. The molecule has 2 fully saturated rings. The Kier molecular flexibility index (Phi) is 11.1. The molecule has 3 aliphatic heterocycles. The summed E-state index contributed by atoms with van der Waals surface area (Å²) in [7, 11) is 0. The van der Waals surface area contributed by atoms with Crippen LogP contribution in [0.2, 0.25) is 0 Å². The van der Waals surface area contributed by atoms with Gasteiger partial charge in [-0.15, -0.1) is 8.78 Å². The van der Waals surface area contributed by atoms with Crippen LogP contribution >= 0.6 is 0 Å². The van der Waals surface area contributed by atoms with Crippen LogP contribution in [0.4, 0.5) is 13.6 Å². The van der Waals surface area contributed by atoms with Gasteiger partial charge in [0, 0.05) is 51.6 Å². The first-order valence-electron chi connectivity index (χ1n) is 16.9. The van der Waals surface area contributed by atoms with Gasteiger partial charge in [0.25, 0.3) is 0 Å². The average molecular weight is 646 g/mol. The number of piperazine rings is 1. The molecule has 5 rings (SSSR count). The van der Waals surface area contributed by atoms with Crippen LogP contribution in [-0.2, 0) is 19.0 Å². The van der Waals surface area contributed by atoms with Gasteiger partial charge in [0.15, 0.2) is 5.76 Å². The monoisotopic (exact) mass is 645 g/mol. The molecule has 2 saturated heterocycles. The van der Waals surface area contributed by atoms with Gasteiger partial charge >= 0.3 is 12.4 Å². The number of rotatable bonds is 5. The summed E-state index contributed by atoms with van der Waals surface area (Å²) in [6.07, 6.45) is 0.757. The fourth-order valence-electron chi connectivity index (χ4n) is 6.78. The van der Waals surface area contributed by atoms with Crippen molar-refractivity contribution in [1.82, 2.24) is 14.7 Å². The fraction of sp³-hybridized carbons (Fsp3) is 0.667. The lowest BCUT2D eigenvalue weighted by Gasteiger charge is -2.50. The molecule has 2 amide bonds. The first-order valence-corrected chi connectivity index (χ1v) is 16.9. The highest BCUT2D eigenvalue weighted by Crippen LogP contribution is 2.44. The number of halogens is 2. The molecule has 46 heavy (non-hydrogen) atoms. The minimum absolute atomic E-state index is 0.0359. The maximum Gasteiger partial charge on any atom is 0.585 e. The molecule has 10 heteroatoms. The zero-order valence-electron chi connectivity index (χ0n) is 28.9. The molecular formula is C36H53F2N3O5. The highest BCUT2D eigenvalue weighted by molar-refractivity contribution is 5.77. The van der Waals surface area contributed by atoms with Crippen LogP contribution in [0.3, 0.4) is 0 Å². The highest BCUT2D eigenvalue weighted by Gasteiger charge is 2.47. The Morgan fingerprint density at radius 2 is 1.61 bits per heavy atom. The first-order chi connectivity index (χ1) is 21.6. The van der Waals surface area contributed by atoms with Crippen molar-refractivity contribution in [2.45, 2.75) is 111 Å². The smallest absolute Gasteiger partial charge is 0.444 e. The number of hydrogen-bond acceptors (Lipinski definition) is 6. The third-order valence-electron chi connectivity index (χ3n) is 9.00. The van der Waals surface area contributed by atoms with Crippen LogP contribution in [0.15, 0.2) is 53.5 Å². The molecule has 0 aromatic heterocycles. The van der Waals surface area contributed by atoms with Crippen molar-refractivity contribution in [1.29, 1.82) is 0 Å². The molecule has 1 aromatic carbocycles. The fourth-order valence-corrected chi connectivity index (χ4v) is 6.78. The number of carbonyl (C=O) groups is 2. The summed E-state index contributed by atoms with van der Waals surface area (Å²) in [4.78, 5) is 32.5. The minimum atomic E-state index is -3.63. The van der Waals surface area contributed by atoms with E-state index >= 15 is 0 Å². The lowest BCUT2D eigenvalue weighted by atomic mass is 9.82. The highest BCUT2D eigenvalue weighted by atomic mass is 19.3. The summed E-state index contributed by atoms with van der Waals surface area (Å²) in [5, 5.41) is 0. The molecule has 2 atom stereocenters. The van der Waals surface area contributed by atoms with Gasteiger partial charge in [-0.05, 0) is 68.6 Å². The number of hydrogen-bond donors (Lipinski definition) is 0. The molecule has 0 spiro atoms. The normalized spacial score (nSPS) is 22.9. The van der Waals surface area contributed by atoms with Crippen LogP contribution in [0.1, 0.15) is 99.1 Å². The van der Waals surface area contributed by atoms with Gasteiger partial charge in [-0.2, -0.15) is 0 Å². The second-order valence-corrected chi connectivity index (χ2v) is 14.6. The number of allylic oxidation sites excluding steroid dienone is 2. The van der Waals surface area contributed by atoms with E-state index < -0.39 is 11.9 Å². The van der Waals surface area contributed by atoms with E-state index in [2.05, 4.69) is 42.7 Å². The van der Waals surface area contributed by atoms with Crippen molar-refractivity contribution >= 4 is 12.0 Å². The Morgan fingerprint density at radius 1 is 0.957 bits per heavy atom. The van der Waals surface area contributed by atoms with E-state index in [1.54, 1.807) is 11.0 Å². The van der Waals surface area contributed by atoms with Crippen molar-refractivity contribution < 1.29 is 32.6 Å². The van der Waals surface area contributed by atoms with Crippen LogP contribution in [0.5, 0.6) is 0 Å². The topological polar surface area (TPSA) is 71.6 Å². The Balaban J connectivity index is 0.00000235. The summed E-state index contributed by atoms with van der Waals surface area (Å²) in [6.45, 7) is 19.2. The Hall–Kier alpha value is -3.14. The number of amides is 2. The third kappa shape index (κ3) is 8.81. The first kappa shape index (κ1) is 35.7. The number of benzene rings is 1. The quantitative estimate of drug-likeness (QED) is 0.325. The van der Waals surface area contributed by atoms with Gasteiger partial charge in [0.2, 0.25) is 5.91 Å². The van der Waals surface area contributed by atoms with Crippen LogP contribution in [0.25, 0.3) is 0 Å². The average Bonchev–Trinajstić information content (AvgIpc) is 3.31. The predicted molar refractivity (Wildman–Crippen MR) is 174 cm³/mol. The van der Waals surface area contributed by atoms with Crippen molar-refractivity contribution in [2.75, 3.05) is 32.7 Å². The molecule has 256 valence electrons. The van der Waals surface area contributed by atoms with Crippen LogP contribution < -0.4 is 0 Å². The maximum absolute atomic E-state index is 13.8. The van der Waals surface area contributed by atoms with Gasteiger partial charge in [-0.3, -0.25) is 9.69 Å². The van der Waals surface area contributed by atoms with E-state index in [0.717, 1.165) is 24.0 Å². The van der Waals surface area contributed by atoms with Gasteiger partial charge in [-0.25, -0.2) is 4.79 Å². The van der Waals surface area contributed by atoms with Gasteiger partial charge in [0.05, 0.1) is 6.04 Å². The molecule has 0 saturated carbocycles. The van der Waals surface area contributed by atoms with E-state index in [0.29, 0.717) is 52.0 Å². The molecule has 0 bridgehead atoms. The largest absolute Gasteiger partial charge is 0.585 e. The zero-order chi connectivity index (χ0) is 33.9. The Bertz CT molecular complexity index is 1280. The van der Waals surface area contributed by atoms with Crippen molar-refractivity contribution in [3.63, 3.8) is 0 Å². The molecule has 8 nitrogen and oxygen atoms in total. The van der Waals surface area contributed by atoms with E-state index in [1.807, 2.05) is 52.8 Å². The number of likely N-dealkylation sites (tertiary alicyclic amines) is 1. The van der Waals surface area contributed by atoms with Gasteiger partial charge in [-0.1, -0.05) is 65.0 Å². The van der Waals surface area contributed by atoms with E-state index in [9.17, 15) is 18.4 Å². The second kappa shape index (κ2) is 14.3. The summed E-state index contributed by atoms with van der Waals surface area (Å²) in [6, 6.07) is 9.93. The molecule has 1 aromatic rings.